The smallest absolute Gasteiger partial charge is 0.306 e. The minimum absolute atomic E-state index is 0.00665. The van der Waals surface area contributed by atoms with Gasteiger partial charge >= 0.3 is 16.2 Å². The number of carbonyl (C=O) groups excluding carboxylic acids is 1. The van der Waals surface area contributed by atoms with E-state index in [2.05, 4.69) is 4.74 Å². The summed E-state index contributed by atoms with van der Waals surface area (Å²) in [5.74, 6) is -0.923. The van der Waals surface area contributed by atoms with Crippen LogP contribution in [-0.4, -0.2) is 45.9 Å². The molecule has 1 aromatic carbocycles. The molecule has 0 aliphatic heterocycles. The molecule has 0 radical (unpaired) electrons. The van der Waals surface area contributed by atoms with Gasteiger partial charge in [0.05, 0.1) is 19.2 Å². The first-order chi connectivity index (χ1) is 9.82. The summed E-state index contributed by atoms with van der Waals surface area (Å²) in [6, 6.07) is 5.18. The Balaban J connectivity index is 2.91. The fourth-order valence-corrected chi connectivity index (χ4v) is 3.09. The molecule has 0 aliphatic carbocycles. The van der Waals surface area contributed by atoms with E-state index in [4.69, 9.17) is 0 Å². The number of carbonyl (C=O) groups is 1. The van der Waals surface area contributed by atoms with Crippen LogP contribution in [0, 0.1) is 5.82 Å². The number of ether oxygens (including phenoxy) is 1. The minimum atomic E-state index is -3.78. The Hall–Kier alpha value is -1.67. The summed E-state index contributed by atoms with van der Waals surface area (Å²) < 4.78 is 44.5. The van der Waals surface area contributed by atoms with E-state index in [9.17, 15) is 17.6 Å². The molecule has 0 saturated carbocycles. The second-order valence-corrected chi connectivity index (χ2v) is 6.26. The highest BCUT2D eigenvalue weighted by atomic mass is 32.2. The van der Waals surface area contributed by atoms with Gasteiger partial charge in [-0.1, -0.05) is 0 Å². The lowest BCUT2D eigenvalue weighted by Gasteiger charge is -2.28. The SMILES string of the molecule is CCN(c1ccc(F)cc1)S(=O)(=O)N(C)CCC(=O)OC. The third kappa shape index (κ3) is 4.40. The molecule has 0 spiro atoms. The van der Waals surface area contributed by atoms with Crippen molar-refractivity contribution >= 4 is 21.9 Å². The van der Waals surface area contributed by atoms with Crippen LogP contribution in [0.2, 0.25) is 0 Å². The third-order valence-electron chi connectivity index (χ3n) is 2.93. The summed E-state index contributed by atoms with van der Waals surface area (Å²) in [5.41, 5.74) is 0.365. The number of hydrogen-bond acceptors (Lipinski definition) is 4. The predicted molar refractivity (Wildman–Crippen MR) is 77.6 cm³/mol. The lowest BCUT2D eigenvalue weighted by molar-refractivity contribution is -0.140. The van der Waals surface area contributed by atoms with Crippen LogP contribution in [0.25, 0.3) is 0 Å². The number of esters is 1. The van der Waals surface area contributed by atoms with Crippen LogP contribution in [0.1, 0.15) is 13.3 Å². The van der Waals surface area contributed by atoms with E-state index in [0.29, 0.717) is 5.69 Å². The molecule has 0 aromatic heterocycles. The predicted octanol–water partition coefficient (Wildman–Crippen LogP) is 1.39. The quantitative estimate of drug-likeness (QED) is 0.713. The maximum Gasteiger partial charge on any atom is 0.306 e. The third-order valence-corrected chi connectivity index (χ3v) is 4.93. The lowest BCUT2D eigenvalue weighted by atomic mass is 10.3. The molecule has 0 heterocycles. The van der Waals surface area contributed by atoms with E-state index in [1.54, 1.807) is 6.92 Å². The maximum absolute atomic E-state index is 12.9. The summed E-state index contributed by atoms with van der Waals surface area (Å²) in [6.07, 6.45) is -0.0345. The number of rotatable bonds is 7. The van der Waals surface area contributed by atoms with Gasteiger partial charge in [0.25, 0.3) is 0 Å². The molecule has 0 saturated heterocycles. The number of anilines is 1. The molecule has 21 heavy (non-hydrogen) atoms. The summed E-state index contributed by atoms with van der Waals surface area (Å²) >= 11 is 0. The Kier molecular flexibility index (Phi) is 6.10. The topological polar surface area (TPSA) is 66.9 Å². The van der Waals surface area contributed by atoms with Crippen LogP contribution >= 0.6 is 0 Å². The van der Waals surface area contributed by atoms with Gasteiger partial charge in [0, 0.05) is 20.1 Å². The van der Waals surface area contributed by atoms with Crippen molar-refractivity contribution in [2.24, 2.45) is 0 Å². The van der Waals surface area contributed by atoms with Crippen LogP contribution in [0.4, 0.5) is 10.1 Å². The molecule has 118 valence electrons. The van der Waals surface area contributed by atoms with Gasteiger partial charge in [0.2, 0.25) is 0 Å². The van der Waals surface area contributed by atoms with Crippen molar-refractivity contribution in [1.29, 1.82) is 0 Å². The lowest BCUT2D eigenvalue weighted by Crippen LogP contribution is -2.42. The molecule has 0 N–H and O–H groups in total. The maximum atomic E-state index is 12.9. The van der Waals surface area contributed by atoms with Crippen molar-refractivity contribution in [3.05, 3.63) is 30.1 Å². The van der Waals surface area contributed by atoms with Gasteiger partial charge in [-0.3, -0.25) is 9.10 Å². The fraction of sp³-hybridized carbons (Fsp3) is 0.462. The van der Waals surface area contributed by atoms with Crippen molar-refractivity contribution in [3.8, 4) is 0 Å². The monoisotopic (exact) mass is 318 g/mol. The molecule has 1 rings (SSSR count). The molecule has 8 heteroatoms. The first-order valence-electron chi connectivity index (χ1n) is 6.39. The van der Waals surface area contributed by atoms with Crippen molar-refractivity contribution in [2.75, 3.05) is 31.6 Å². The van der Waals surface area contributed by atoms with Crippen molar-refractivity contribution < 1.29 is 22.3 Å². The zero-order valence-electron chi connectivity index (χ0n) is 12.2. The highest BCUT2D eigenvalue weighted by molar-refractivity contribution is 7.90. The van der Waals surface area contributed by atoms with Crippen LogP contribution in [0.3, 0.4) is 0 Å². The van der Waals surface area contributed by atoms with E-state index >= 15 is 0 Å². The normalized spacial score (nSPS) is 11.5. The molecule has 0 amide bonds. The Morgan fingerprint density at radius 2 is 1.86 bits per heavy atom. The molecule has 1 aromatic rings. The summed E-state index contributed by atoms with van der Waals surface area (Å²) in [4.78, 5) is 11.1. The van der Waals surface area contributed by atoms with Gasteiger partial charge in [-0.2, -0.15) is 12.7 Å². The fourth-order valence-electron chi connectivity index (χ4n) is 1.72. The average Bonchev–Trinajstić information content (AvgIpc) is 2.46. The first-order valence-corrected chi connectivity index (χ1v) is 7.79. The number of halogens is 1. The van der Waals surface area contributed by atoms with Gasteiger partial charge in [0.1, 0.15) is 5.82 Å². The standard InChI is InChI=1S/C13H19FN2O4S/c1-4-16(12-7-5-11(14)6-8-12)21(18,19)15(2)10-9-13(17)20-3/h5-8H,4,9-10H2,1-3H3. The van der Waals surface area contributed by atoms with Crippen molar-refractivity contribution in [3.63, 3.8) is 0 Å². The zero-order valence-corrected chi connectivity index (χ0v) is 13.1. The summed E-state index contributed by atoms with van der Waals surface area (Å²) in [7, 11) is -1.16. The number of methoxy groups -OCH3 is 1. The van der Waals surface area contributed by atoms with Gasteiger partial charge in [-0.05, 0) is 31.2 Å². The molecule has 0 fully saturated rings. The van der Waals surface area contributed by atoms with Gasteiger partial charge in [-0.25, -0.2) is 4.39 Å². The second-order valence-electron chi connectivity index (χ2n) is 4.30. The Morgan fingerprint density at radius 1 is 1.29 bits per heavy atom. The zero-order chi connectivity index (χ0) is 16.0. The molecule has 0 unspecified atom stereocenters. The Labute approximate surface area is 124 Å². The number of nitrogens with zero attached hydrogens (tertiary/aromatic N) is 2. The van der Waals surface area contributed by atoms with Crippen molar-refractivity contribution in [1.82, 2.24) is 4.31 Å². The molecule has 0 aliphatic rings. The van der Waals surface area contributed by atoms with Gasteiger partial charge < -0.3 is 4.74 Å². The number of hydrogen-bond donors (Lipinski definition) is 0. The summed E-state index contributed by atoms with van der Waals surface area (Å²) in [6.45, 7) is 1.87. The Bertz CT molecular complexity index is 574. The van der Waals surface area contributed by atoms with Crippen LogP contribution in [0.15, 0.2) is 24.3 Å². The summed E-state index contributed by atoms with van der Waals surface area (Å²) in [5, 5.41) is 0. The average molecular weight is 318 g/mol. The van der Waals surface area contributed by atoms with E-state index < -0.39 is 22.0 Å². The molecular weight excluding hydrogens is 299 g/mol. The highest BCUT2D eigenvalue weighted by Crippen LogP contribution is 2.20. The molecular formula is C13H19FN2O4S. The molecule has 0 atom stereocenters. The van der Waals surface area contributed by atoms with Crippen molar-refractivity contribution in [2.45, 2.75) is 13.3 Å². The van der Waals surface area contributed by atoms with E-state index in [1.165, 1.54) is 38.4 Å². The van der Waals surface area contributed by atoms with Crippen LogP contribution in [0.5, 0.6) is 0 Å². The van der Waals surface area contributed by atoms with E-state index in [-0.39, 0.29) is 19.5 Å². The largest absolute Gasteiger partial charge is 0.469 e. The molecule has 6 nitrogen and oxygen atoms in total. The molecule has 0 bridgehead atoms. The Morgan fingerprint density at radius 3 is 2.33 bits per heavy atom. The van der Waals surface area contributed by atoms with Crippen LogP contribution < -0.4 is 4.31 Å². The van der Waals surface area contributed by atoms with Gasteiger partial charge in [-0.15, -0.1) is 0 Å². The minimum Gasteiger partial charge on any atom is -0.469 e. The van der Waals surface area contributed by atoms with Gasteiger partial charge in [0.15, 0.2) is 0 Å². The van der Waals surface area contributed by atoms with E-state index in [1.807, 2.05) is 0 Å². The highest BCUT2D eigenvalue weighted by Gasteiger charge is 2.26. The van der Waals surface area contributed by atoms with E-state index in [0.717, 1.165) is 8.61 Å². The first kappa shape index (κ1) is 17.4. The second kappa shape index (κ2) is 7.37. The van der Waals surface area contributed by atoms with Crippen LogP contribution in [-0.2, 0) is 19.7 Å². The number of benzene rings is 1.